The Morgan fingerprint density at radius 3 is 2.78 bits per heavy atom. The number of hydrogen-bond acceptors (Lipinski definition) is 6. The summed E-state index contributed by atoms with van der Waals surface area (Å²) in [5.74, 6) is -0.252. The number of hydrogen-bond donors (Lipinski definition) is 0. The van der Waals surface area contributed by atoms with E-state index in [0.29, 0.717) is 38.8 Å². The van der Waals surface area contributed by atoms with Gasteiger partial charge in [0.2, 0.25) is 5.75 Å². The predicted octanol–water partition coefficient (Wildman–Crippen LogP) is 6.28. The number of halogens is 3. The lowest BCUT2D eigenvalue weighted by atomic mass is 9.96. The Labute approximate surface area is 225 Å². The lowest BCUT2D eigenvalue weighted by molar-refractivity contribution is -0.390. The van der Waals surface area contributed by atoms with Crippen LogP contribution in [0.15, 0.2) is 47.3 Å². The van der Waals surface area contributed by atoms with E-state index in [1.165, 1.54) is 37.2 Å². The van der Waals surface area contributed by atoms with Gasteiger partial charge in [0.15, 0.2) is 11.3 Å². The molecule has 1 aromatic carbocycles. The molecule has 192 valence electrons. The van der Waals surface area contributed by atoms with Gasteiger partial charge >= 0.3 is 5.82 Å². The Balaban J connectivity index is 1.49. The molecule has 3 aromatic heterocycles. The predicted molar refractivity (Wildman–Crippen MR) is 139 cm³/mol. The number of aromatic nitrogens is 5. The zero-order valence-corrected chi connectivity index (χ0v) is 22.4. The first kappa shape index (κ1) is 25.3. The molecule has 1 fully saturated rings. The molecule has 0 radical (unpaired) electrons. The van der Waals surface area contributed by atoms with Gasteiger partial charge < -0.3 is 14.9 Å². The Hall–Kier alpha value is -3.31. The fraction of sp³-hybridized carbons (Fsp3) is 0.320. The quantitative estimate of drug-likeness (QED) is 0.168. The van der Waals surface area contributed by atoms with Gasteiger partial charge in [0.1, 0.15) is 11.9 Å². The molecule has 12 heteroatoms. The first-order valence-corrected chi connectivity index (χ1v) is 12.9. The molecular formula is C25H23BrClFN6O3. The second-order valence-electron chi connectivity index (χ2n) is 9.19. The van der Waals surface area contributed by atoms with Crippen molar-refractivity contribution >= 4 is 33.3 Å². The third-order valence-electron chi connectivity index (χ3n) is 6.20. The minimum absolute atomic E-state index is 0.0295. The van der Waals surface area contributed by atoms with Gasteiger partial charge in [-0.25, -0.2) is 4.39 Å². The monoisotopic (exact) mass is 588 g/mol. The van der Waals surface area contributed by atoms with Gasteiger partial charge in [-0.3, -0.25) is 9.36 Å². The first-order valence-electron chi connectivity index (χ1n) is 11.7. The Bertz CT molecular complexity index is 1490. The summed E-state index contributed by atoms with van der Waals surface area (Å²) >= 11 is 9.72. The second kappa shape index (κ2) is 10.2. The zero-order valence-electron chi connectivity index (χ0n) is 20.1. The standard InChI is InChI=1S/C25H23BrClFN6O3/c1-14(37-22-8-18(26)10-29-25(22)34(35)36)21-9-19(28)5-6-20(21)23-16(12-32(2)30-23)7-17-13-33(31-24(17)27)11-15-3-4-15/h5-6,8-10,12-15H,3-4,7,11H2,1-2H3/t14-/m1/s1. The molecule has 37 heavy (non-hydrogen) atoms. The number of ether oxygens (including phenoxy) is 1. The number of pyridine rings is 1. The van der Waals surface area contributed by atoms with E-state index in [9.17, 15) is 14.5 Å². The highest BCUT2D eigenvalue weighted by atomic mass is 79.9. The van der Waals surface area contributed by atoms with Gasteiger partial charge in [-0.2, -0.15) is 10.2 Å². The third kappa shape index (κ3) is 5.67. The van der Waals surface area contributed by atoms with Crippen LogP contribution in [0.4, 0.5) is 10.2 Å². The number of nitrogens with zero attached hydrogens (tertiary/aromatic N) is 6. The van der Waals surface area contributed by atoms with Crippen LogP contribution in [0.5, 0.6) is 5.75 Å². The minimum atomic E-state index is -0.750. The fourth-order valence-corrected chi connectivity index (χ4v) is 4.81. The van der Waals surface area contributed by atoms with E-state index in [0.717, 1.165) is 17.7 Å². The molecule has 1 aliphatic carbocycles. The first-order chi connectivity index (χ1) is 17.7. The van der Waals surface area contributed by atoms with Crippen LogP contribution in [0.1, 0.15) is 42.6 Å². The Morgan fingerprint density at radius 2 is 2.05 bits per heavy atom. The summed E-state index contributed by atoms with van der Waals surface area (Å²) in [5, 5.41) is 21.0. The van der Waals surface area contributed by atoms with E-state index in [-0.39, 0.29) is 5.75 Å². The lowest BCUT2D eigenvalue weighted by Gasteiger charge is -2.18. The number of rotatable bonds is 9. The van der Waals surface area contributed by atoms with Crippen molar-refractivity contribution in [1.82, 2.24) is 24.5 Å². The summed E-state index contributed by atoms with van der Waals surface area (Å²) in [6, 6.07) is 5.82. The van der Waals surface area contributed by atoms with Crippen molar-refractivity contribution in [2.75, 3.05) is 0 Å². The van der Waals surface area contributed by atoms with E-state index in [2.05, 4.69) is 31.1 Å². The molecule has 1 atom stereocenters. The summed E-state index contributed by atoms with van der Waals surface area (Å²) < 4.78 is 24.5. The molecule has 3 heterocycles. The van der Waals surface area contributed by atoms with Gasteiger partial charge in [-0.1, -0.05) is 11.6 Å². The molecule has 0 unspecified atom stereocenters. The van der Waals surface area contributed by atoms with Crippen molar-refractivity contribution < 1.29 is 14.1 Å². The molecule has 1 saturated carbocycles. The van der Waals surface area contributed by atoms with Crippen LogP contribution in [0.2, 0.25) is 5.15 Å². The van der Waals surface area contributed by atoms with Gasteiger partial charge in [0.05, 0.1) is 10.2 Å². The summed E-state index contributed by atoms with van der Waals surface area (Å²) in [4.78, 5) is 14.7. The Kier molecular flexibility index (Phi) is 7.00. The lowest BCUT2D eigenvalue weighted by Crippen LogP contribution is -2.08. The van der Waals surface area contributed by atoms with Crippen LogP contribution in [0.25, 0.3) is 11.3 Å². The van der Waals surface area contributed by atoms with Crippen molar-refractivity contribution in [3.05, 3.63) is 85.1 Å². The van der Waals surface area contributed by atoms with Gasteiger partial charge in [0.25, 0.3) is 0 Å². The smallest absolute Gasteiger partial charge is 0.406 e. The van der Waals surface area contributed by atoms with Crippen LogP contribution in [-0.4, -0.2) is 29.5 Å². The molecule has 0 N–H and O–H groups in total. The van der Waals surface area contributed by atoms with Crippen LogP contribution in [-0.2, 0) is 20.0 Å². The SMILES string of the molecule is C[C@@H](Oc1cc(Br)cnc1[N+](=O)[O-])c1cc(F)ccc1-c1nn(C)cc1Cc1cn(CC2CC2)nc1Cl. The van der Waals surface area contributed by atoms with Crippen LogP contribution in [0, 0.1) is 21.8 Å². The van der Waals surface area contributed by atoms with E-state index < -0.39 is 22.7 Å². The minimum Gasteiger partial charge on any atom is -0.478 e. The Morgan fingerprint density at radius 1 is 1.27 bits per heavy atom. The summed E-state index contributed by atoms with van der Waals surface area (Å²) in [6.07, 6.45) is 7.35. The molecule has 0 spiro atoms. The molecule has 0 bridgehead atoms. The maximum absolute atomic E-state index is 14.4. The van der Waals surface area contributed by atoms with Crippen LogP contribution in [0.3, 0.4) is 0 Å². The highest BCUT2D eigenvalue weighted by molar-refractivity contribution is 9.10. The van der Waals surface area contributed by atoms with Gasteiger partial charge in [-0.15, -0.1) is 0 Å². The molecule has 0 amide bonds. The van der Waals surface area contributed by atoms with Crippen LogP contribution >= 0.6 is 27.5 Å². The van der Waals surface area contributed by atoms with Crippen molar-refractivity contribution in [3.8, 4) is 17.0 Å². The highest BCUT2D eigenvalue weighted by Gasteiger charge is 2.25. The van der Waals surface area contributed by atoms with Crippen molar-refractivity contribution in [2.45, 2.75) is 38.8 Å². The molecule has 9 nitrogen and oxygen atoms in total. The number of benzene rings is 1. The van der Waals surface area contributed by atoms with Crippen molar-refractivity contribution in [1.29, 1.82) is 0 Å². The topological polar surface area (TPSA) is 101 Å². The maximum atomic E-state index is 14.4. The zero-order chi connectivity index (χ0) is 26.3. The largest absolute Gasteiger partial charge is 0.478 e. The third-order valence-corrected chi connectivity index (χ3v) is 6.95. The van der Waals surface area contributed by atoms with Crippen LogP contribution < -0.4 is 4.74 Å². The molecule has 1 aliphatic rings. The van der Waals surface area contributed by atoms with Crippen molar-refractivity contribution in [3.63, 3.8) is 0 Å². The van der Waals surface area contributed by atoms with Crippen molar-refractivity contribution in [2.24, 2.45) is 13.0 Å². The maximum Gasteiger partial charge on any atom is 0.406 e. The normalized spacial score (nSPS) is 14.1. The molecule has 4 aromatic rings. The van der Waals surface area contributed by atoms with E-state index >= 15 is 0 Å². The highest BCUT2D eigenvalue weighted by Crippen LogP contribution is 2.37. The fourth-order valence-electron chi connectivity index (χ4n) is 4.29. The molecule has 0 saturated heterocycles. The van der Waals surface area contributed by atoms with E-state index in [4.69, 9.17) is 16.3 Å². The summed E-state index contributed by atoms with van der Waals surface area (Å²) in [5.41, 5.74) is 3.54. The number of nitro groups is 1. The average molecular weight is 590 g/mol. The summed E-state index contributed by atoms with van der Waals surface area (Å²) in [7, 11) is 1.81. The molecular weight excluding hydrogens is 567 g/mol. The number of aryl methyl sites for hydroxylation is 1. The molecule has 0 aliphatic heterocycles. The van der Waals surface area contributed by atoms with E-state index in [1.807, 2.05) is 24.1 Å². The second-order valence-corrected chi connectivity index (χ2v) is 10.5. The van der Waals surface area contributed by atoms with Gasteiger partial charge in [-0.05, 0) is 69.7 Å². The van der Waals surface area contributed by atoms with E-state index in [1.54, 1.807) is 17.7 Å². The average Bonchev–Trinajstić information content (AvgIpc) is 3.48. The van der Waals surface area contributed by atoms with Gasteiger partial charge in [0, 0.05) is 60.7 Å². The summed E-state index contributed by atoms with van der Waals surface area (Å²) in [6.45, 7) is 2.55. The molecule has 5 rings (SSSR count).